The van der Waals surface area contributed by atoms with Gasteiger partial charge in [0.1, 0.15) is 11.9 Å². The molecule has 1 saturated carbocycles. The Morgan fingerprint density at radius 2 is 1.60 bits per heavy atom. The fraction of sp³-hybridized carbons (Fsp3) is 0.429. The second kappa shape index (κ2) is 7.37. The van der Waals surface area contributed by atoms with Crippen LogP contribution >= 0.6 is 0 Å². The quantitative estimate of drug-likeness (QED) is 0.761. The van der Waals surface area contributed by atoms with Gasteiger partial charge in [0.25, 0.3) is 0 Å². The highest BCUT2D eigenvalue weighted by atomic mass is 16.6. The summed E-state index contributed by atoms with van der Waals surface area (Å²) in [7, 11) is 0. The second-order valence-electron chi connectivity index (χ2n) is 4.52. The molecule has 0 atom stereocenters. The molecule has 1 aromatic carbocycles. The van der Waals surface area contributed by atoms with E-state index in [9.17, 15) is 9.59 Å². The van der Waals surface area contributed by atoms with Crippen LogP contribution in [-0.4, -0.2) is 18.3 Å². The van der Waals surface area contributed by atoms with Gasteiger partial charge in [-0.25, -0.2) is 9.59 Å². The largest absolute Gasteiger partial charge is 0.458 e. The summed E-state index contributed by atoms with van der Waals surface area (Å²) < 4.78 is 9.93. The lowest BCUT2D eigenvalue weighted by Gasteiger charge is -2.20. The minimum absolute atomic E-state index is 0.111. The Morgan fingerprint density at radius 3 is 2.30 bits per heavy atom. The van der Waals surface area contributed by atoms with E-state index in [1.807, 2.05) is 0 Å². The number of ether oxygens (including phenoxy) is 2. The molecule has 0 aromatic heterocycles. The van der Waals surface area contributed by atoms with Crippen LogP contribution in [0.2, 0.25) is 0 Å². The molecule has 106 valence electrons. The van der Waals surface area contributed by atoms with Crippen molar-refractivity contribution in [3.05, 3.63) is 30.3 Å². The van der Waals surface area contributed by atoms with E-state index in [-0.39, 0.29) is 6.10 Å². The van der Waals surface area contributed by atoms with Gasteiger partial charge in [0.15, 0.2) is 0 Å². The molecule has 0 unspecified atom stereocenters. The van der Waals surface area contributed by atoms with Crippen LogP contribution in [-0.2, 0) is 4.74 Å². The van der Waals surface area contributed by atoms with Gasteiger partial charge in [-0.1, -0.05) is 34.8 Å². The van der Waals surface area contributed by atoms with Gasteiger partial charge in [-0.05, 0) is 37.8 Å². The number of carbonyl (C=O) groups excluding carboxylic acids is 2. The predicted molar refractivity (Wildman–Crippen MR) is 70.7 cm³/mol. The molecule has 0 aliphatic heterocycles. The van der Waals surface area contributed by atoms with Crippen LogP contribution in [0.5, 0.6) is 5.75 Å². The third kappa shape index (κ3) is 4.79. The Labute approximate surface area is 116 Å². The summed E-state index contributed by atoms with van der Waals surface area (Å²) in [6.45, 7) is 0. The van der Waals surface area contributed by atoms with Crippen LogP contribution in [0.15, 0.2) is 40.6 Å². The first-order valence-corrected chi connectivity index (χ1v) is 6.63. The molecule has 0 N–H and O–H groups in total. The maximum absolute atomic E-state index is 11.4. The Balaban J connectivity index is 1.76. The lowest BCUT2D eigenvalue weighted by Crippen LogP contribution is -2.19. The molecule has 20 heavy (non-hydrogen) atoms. The van der Waals surface area contributed by atoms with Crippen LogP contribution in [0.1, 0.15) is 32.1 Å². The summed E-state index contributed by atoms with van der Waals surface area (Å²) in [5, 5.41) is 6.38. The number of hydrogen-bond donors (Lipinski definition) is 0. The number of para-hydroxylation sites is 1. The molecule has 0 spiro atoms. The molecule has 1 aromatic rings. The molecule has 1 aliphatic rings. The van der Waals surface area contributed by atoms with Gasteiger partial charge >= 0.3 is 12.2 Å². The molecule has 0 heterocycles. The summed E-state index contributed by atoms with van der Waals surface area (Å²) in [4.78, 5) is 22.7. The summed E-state index contributed by atoms with van der Waals surface area (Å²) in [5.41, 5.74) is 0. The second-order valence-corrected chi connectivity index (χ2v) is 4.52. The van der Waals surface area contributed by atoms with E-state index in [0.29, 0.717) is 5.75 Å². The normalized spacial score (nSPS) is 16.0. The van der Waals surface area contributed by atoms with Gasteiger partial charge in [0, 0.05) is 0 Å². The van der Waals surface area contributed by atoms with Crippen LogP contribution < -0.4 is 4.74 Å². The third-order valence-corrected chi connectivity index (χ3v) is 2.98. The van der Waals surface area contributed by atoms with Gasteiger partial charge in [0.05, 0.1) is 0 Å². The van der Waals surface area contributed by atoms with E-state index in [0.717, 1.165) is 25.7 Å². The van der Waals surface area contributed by atoms with E-state index in [2.05, 4.69) is 10.2 Å². The summed E-state index contributed by atoms with van der Waals surface area (Å²) in [6, 6.07) is 8.44. The average molecular weight is 276 g/mol. The van der Waals surface area contributed by atoms with E-state index in [1.54, 1.807) is 30.3 Å². The van der Waals surface area contributed by atoms with Gasteiger partial charge in [-0.15, -0.1) is 0 Å². The molecular formula is C14H16N2O4. The molecule has 0 bridgehead atoms. The molecule has 0 saturated heterocycles. The number of rotatable bonds is 2. The maximum Gasteiger partial charge on any atom is 0.458 e. The number of azo groups is 1. The number of nitrogens with zero attached hydrogens (tertiary/aromatic N) is 2. The van der Waals surface area contributed by atoms with Crippen molar-refractivity contribution in [2.24, 2.45) is 10.2 Å². The van der Waals surface area contributed by atoms with Gasteiger partial charge in [-0.3, -0.25) is 0 Å². The van der Waals surface area contributed by atoms with E-state index in [1.165, 1.54) is 6.42 Å². The van der Waals surface area contributed by atoms with Gasteiger partial charge in [-0.2, -0.15) is 0 Å². The van der Waals surface area contributed by atoms with Gasteiger partial charge < -0.3 is 9.47 Å². The van der Waals surface area contributed by atoms with Crippen molar-refractivity contribution >= 4 is 12.2 Å². The van der Waals surface area contributed by atoms with Crippen LogP contribution in [0.4, 0.5) is 9.59 Å². The van der Waals surface area contributed by atoms with E-state index in [4.69, 9.17) is 9.47 Å². The molecule has 2 rings (SSSR count). The lowest BCUT2D eigenvalue weighted by atomic mass is 9.98. The van der Waals surface area contributed by atoms with Crippen molar-refractivity contribution in [1.29, 1.82) is 0 Å². The zero-order valence-corrected chi connectivity index (χ0v) is 11.0. The highest BCUT2D eigenvalue weighted by Crippen LogP contribution is 2.20. The minimum Gasteiger partial charge on any atom is -0.444 e. The topological polar surface area (TPSA) is 77.3 Å². The number of amides is 2. The molecule has 1 fully saturated rings. The SMILES string of the molecule is O=C(N=NC(=O)OC1CCCCC1)Oc1ccccc1. The van der Waals surface area contributed by atoms with E-state index >= 15 is 0 Å². The molecule has 0 radical (unpaired) electrons. The van der Waals surface area contributed by atoms with Crippen LogP contribution in [0.3, 0.4) is 0 Å². The Kier molecular flexibility index (Phi) is 5.23. The fourth-order valence-corrected chi connectivity index (χ4v) is 2.04. The maximum atomic E-state index is 11.4. The first-order valence-electron chi connectivity index (χ1n) is 6.63. The first-order chi connectivity index (χ1) is 9.74. The predicted octanol–water partition coefficient (Wildman–Crippen LogP) is 4.11. The molecule has 6 heteroatoms. The lowest BCUT2D eigenvalue weighted by molar-refractivity contribution is 0.0817. The first kappa shape index (κ1) is 14.2. The van der Waals surface area contributed by atoms with Crippen molar-refractivity contribution in [2.45, 2.75) is 38.2 Å². The summed E-state index contributed by atoms with van der Waals surface area (Å²) >= 11 is 0. The van der Waals surface area contributed by atoms with Crippen molar-refractivity contribution in [1.82, 2.24) is 0 Å². The number of benzene rings is 1. The van der Waals surface area contributed by atoms with Crippen LogP contribution in [0, 0.1) is 0 Å². The number of hydrogen-bond acceptors (Lipinski definition) is 4. The third-order valence-electron chi connectivity index (χ3n) is 2.98. The monoisotopic (exact) mass is 276 g/mol. The van der Waals surface area contributed by atoms with Gasteiger partial charge in [0.2, 0.25) is 0 Å². The summed E-state index contributed by atoms with van der Waals surface area (Å²) in [6.07, 6.45) is 3.04. The molecule has 6 nitrogen and oxygen atoms in total. The van der Waals surface area contributed by atoms with Crippen LogP contribution in [0.25, 0.3) is 0 Å². The smallest absolute Gasteiger partial charge is 0.444 e. The zero-order valence-electron chi connectivity index (χ0n) is 11.0. The number of carbonyl (C=O) groups is 2. The molecular weight excluding hydrogens is 260 g/mol. The molecule has 1 aliphatic carbocycles. The van der Waals surface area contributed by atoms with Crippen molar-refractivity contribution in [3.63, 3.8) is 0 Å². The highest BCUT2D eigenvalue weighted by Gasteiger charge is 2.17. The van der Waals surface area contributed by atoms with Crippen molar-refractivity contribution < 1.29 is 19.1 Å². The standard InChI is InChI=1S/C14H16N2O4/c17-13(19-11-7-3-1-4-8-11)15-16-14(18)20-12-9-5-2-6-10-12/h1,3-4,7-8,12H,2,5-6,9-10H2. The highest BCUT2D eigenvalue weighted by molar-refractivity contribution is 5.74. The Morgan fingerprint density at radius 1 is 0.950 bits per heavy atom. The summed E-state index contributed by atoms with van der Waals surface area (Å²) in [5.74, 6) is 0.345. The average Bonchev–Trinajstić information content (AvgIpc) is 2.47. The van der Waals surface area contributed by atoms with Crippen molar-refractivity contribution in [2.75, 3.05) is 0 Å². The minimum atomic E-state index is -0.947. The zero-order chi connectivity index (χ0) is 14.2. The van der Waals surface area contributed by atoms with Crippen molar-refractivity contribution in [3.8, 4) is 5.75 Å². The van der Waals surface area contributed by atoms with E-state index < -0.39 is 12.2 Å². The Hall–Kier alpha value is -2.24. The molecule has 2 amide bonds. The Bertz CT molecular complexity index is 481. The fourth-order valence-electron chi connectivity index (χ4n) is 2.04.